The van der Waals surface area contributed by atoms with Crippen LogP contribution in [0.3, 0.4) is 0 Å². The normalized spacial score (nSPS) is 14.5. The van der Waals surface area contributed by atoms with Crippen LogP contribution in [0.15, 0.2) is 102 Å². The number of benzene rings is 4. The molecule has 8 nitrogen and oxygen atoms in total. The lowest BCUT2D eigenvalue weighted by molar-refractivity contribution is -0.128. The highest BCUT2D eigenvalue weighted by atomic mass is 32.2. The lowest BCUT2D eigenvalue weighted by Gasteiger charge is -2.35. The van der Waals surface area contributed by atoms with Gasteiger partial charge >= 0.3 is 0 Å². The third kappa shape index (κ3) is 7.61. The van der Waals surface area contributed by atoms with E-state index in [1.54, 1.807) is 38.1 Å². The molecule has 1 atom stereocenters. The molecule has 4 aromatic rings. The predicted octanol–water partition coefficient (Wildman–Crippen LogP) is 5.00. The first-order valence-electron chi connectivity index (χ1n) is 15.1. The lowest BCUT2D eigenvalue weighted by atomic mass is 10.1. The molecule has 234 valence electrons. The first kappa shape index (κ1) is 31.9. The fourth-order valence-corrected chi connectivity index (χ4v) is 7.62. The Hall–Kier alpha value is -4.47. The summed E-state index contributed by atoms with van der Waals surface area (Å²) in [4.78, 5) is 29.0. The number of carbonyl (C=O) groups excluding carboxylic acids is 2. The maximum Gasteiger partial charge on any atom is 0.262 e. The molecular formula is C36H39N3O5S. The highest BCUT2D eigenvalue weighted by Crippen LogP contribution is 2.34. The molecule has 9 heteroatoms. The SMILES string of the molecule is Cc1cc(C)c(S(=O)(=O)N(CCc2ccccc2)CC(=O)N2CC(C(=O)NCCc3ccccc3)Oc3ccccc32)c(C)c1. The minimum atomic E-state index is -4.05. The summed E-state index contributed by atoms with van der Waals surface area (Å²) in [7, 11) is -4.05. The zero-order valence-electron chi connectivity index (χ0n) is 25.9. The number of nitrogens with zero attached hydrogens (tertiary/aromatic N) is 2. The Morgan fingerprint density at radius 3 is 2.07 bits per heavy atom. The van der Waals surface area contributed by atoms with Gasteiger partial charge in [-0.3, -0.25) is 9.59 Å². The summed E-state index contributed by atoms with van der Waals surface area (Å²) in [5.41, 5.74) is 4.79. The maximum absolute atomic E-state index is 14.2. The molecule has 4 aromatic carbocycles. The van der Waals surface area contributed by atoms with Gasteiger partial charge < -0.3 is 15.0 Å². The van der Waals surface area contributed by atoms with Gasteiger partial charge in [-0.05, 0) is 68.0 Å². The average molecular weight is 626 g/mol. The van der Waals surface area contributed by atoms with E-state index in [0.29, 0.717) is 42.0 Å². The molecule has 5 rings (SSSR count). The molecular weight excluding hydrogens is 586 g/mol. The van der Waals surface area contributed by atoms with Crippen LogP contribution in [0.1, 0.15) is 27.8 Å². The number of para-hydroxylation sites is 2. The average Bonchev–Trinajstić information content (AvgIpc) is 3.02. The maximum atomic E-state index is 14.2. The second-order valence-electron chi connectivity index (χ2n) is 11.4. The van der Waals surface area contributed by atoms with Crippen molar-refractivity contribution in [1.29, 1.82) is 0 Å². The topological polar surface area (TPSA) is 96.0 Å². The molecule has 0 aromatic heterocycles. The fraction of sp³-hybridized carbons (Fsp3) is 0.278. The number of ether oxygens (including phenoxy) is 1. The van der Waals surface area contributed by atoms with Crippen molar-refractivity contribution in [3.8, 4) is 5.75 Å². The largest absolute Gasteiger partial charge is 0.477 e. The molecule has 2 amide bonds. The quantitative estimate of drug-likeness (QED) is 0.253. The van der Waals surface area contributed by atoms with Crippen LogP contribution in [0.4, 0.5) is 5.69 Å². The van der Waals surface area contributed by atoms with E-state index in [1.807, 2.05) is 79.7 Å². The Morgan fingerprint density at radius 2 is 1.42 bits per heavy atom. The number of amides is 2. The van der Waals surface area contributed by atoms with Crippen molar-refractivity contribution in [3.05, 3.63) is 125 Å². The Bertz CT molecular complexity index is 1740. The van der Waals surface area contributed by atoms with Gasteiger partial charge in [0.1, 0.15) is 5.75 Å². The number of aryl methyl sites for hydroxylation is 3. The van der Waals surface area contributed by atoms with E-state index in [9.17, 15) is 18.0 Å². The molecule has 0 fully saturated rings. The molecule has 0 saturated heterocycles. The van der Waals surface area contributed by atoms with E-state index >= 15 is 0 Å². The van der Waals surface area contributed by atoms with E-state index in [1.165, 1.54) is 9.21 Å². The van der Waals surface area contributed by atoms with Crippen molar-refractivity contribution in [1.82, 2.24) is 9.62 Å². The number of nitrogens with one attached hydrogen (secondary N) is 1. The molecule has 45 heavy (non-hydrogen) atoms. The van der Waals surface area contributed by atoms with Crippen molar-refractivity contribution in [3.63, 3.8) is 0 Å². The van der Waals surface area contributed by atoms with Gasteiger partial charge in [0, 0.05) is 13.1 Å². The third-order valence-electron chi connectivity index (χ3n) is 7.93. The monoisotopic (exact) mass is 625 g/mol. The summed E-state index contributed by atoms with van der Waals surface area (Å²) in [5.74, 6) is -0.381. The van der Waals surface area contributed by atoms with Crippen LogP contribution in [-0.4, -0.2) is 56.8 Å². The summed E-state index contributed by atoms with van der Waals surface area (Å²) >= 11 is 0. The van der Waals surface area contributed by atoms with Crippen LogP contribution in [0.5, 0.6) is 5.75 Å². The number of anilines is 1. The van der Waals surface area contributed by atoms with Crippen molar-refractivity contribution < 1.29 is 22.7 Å². The molecule has 1 unspecified atom stereocenters. The molecule has 1 heterocycles. The second kappa shape index (κ2) is 14.1. The molecule has 1 aliphatic heterocycles. The predicted molar refractivity (Wildman–Crippen MR) is 176 cm³/mol. The molecule has 0 aliphatic carbocycles. The van der Waals surface area contributed by atoms with Crippen LogP contribution < -0.4 is 15.0 Å². The van der Waals surface area contributed by atoms with E-state index in [0.717, 1.165) is 16.7 Å². The number of fused-ring (bicyclic) bond motifs is 1. The molecule has 1 aliphatic rings. The van der Waals surface area contributed by atoms with Gasteiger partial charge in [0.05, 0.1) is 23.7 Å². The van der Waals surface area contributed by atoms with Crippen LogP contribution in [0.25, 0.3) is 0 Å². The van der Waals surface area contributed by atoms with E-state index < -0.39 is 28.6 Å². The van der Waals surface area contributed by atoms with Crippen LogP contribution in [0.2, 0.25) is 0 Å². The molecule has 1 N–H and O–H groups in total. The minimum absolute atomic E-state index is 0.0395. The van der Waals surface area contributed by atoms with Gasteiger partial charge in [-0.2, -0.15) is 4.31 Å². The molecule has 0 spiro atoms. The summed E-state index contributed by atoms with van der Waals surface area (Å²) < 4.78 is 35.8. The van der Waals surface area contributed by atoms with Crippen LogP contribution in [-0.2, 0) is 32.5 Å². The summed E-state index contributed by atoms with van der Waals surface area (Å²) in [5, 5.41) is 2.92. The summed E-state index contributed by atoms with van der Waals surface area (Å²) in [6.45, 7) is 5.59. The number of hydrogen-bond donors (Lipinski definition) is 1. The Kier molecular flexibility index (Phi) is 10.0. The van der Waals surface area contributed by atoms with Gasteiger partial charge in [-0.25, -0.2) is 8.42 Å². The third-order valence-corrected chi connectivity index (χ3v) is 10.1. The van der Waals surface area contributed by atoms with Gasteiger partial charge in [-0.1, -0.05) is 90.5 Å². The van der Waals surface area contributed by atoms with Crippen molar-refractivity contribution in [2.45, 2.75) is 44.6 Å². The van der Waals surface area contributed by atoms with Crippen LogP contribution >= 0.6 is 0 Å². The van der Waals surface area contributed by atoms with Crippen LogP contribution in [0, 0.1) is 20.8 Å². The first-order valence-corrected chi connectivity index (χ1v) is 16.6. The van der Waals surface area contributed by atoms with Gasteiger partial charge in [0.15, 0.2) is 6.10 Å². The van der Waals surface area contributed by atoms with E-state index in [-0.39, 0.29) is 23.9 Å². The van der Waals surface area contributed by atoms with Crippen molar-refractivity contribution in [2.75, 3.05) is 31.1 Å². The fourth-order valence-electron chi connectivity index (χ4n) is 5.82. The highest BCUT2D eigenvalue weighted by molar-refractivity contribution is 7.89. The number of carbonyl (C=O) groups is 2. The molecule has 0 radical (unpaired) electrons. The Labute approximate surface area is 265 Å². The summed E-state index contributed by atoms with van der Waals surface area (Å²) in [6, 6.07) is 30.1. The Balaban J connectivity index is 1.39. The standard InChI is InChI=1S/C36H39N3O5S/c1-26-22-27(2)35(28(3)23-26)45(42,43)38(21-19-30-14-8-5-9-15-30)25-34(40)39-24-33(44-32-17-11-10-16-31(32)39)36(41)37-20-18-29-12-6-4-7-13-29/h4-17,22-23,33H,18-21,24-25H2,1-3H3,(H,37,41). The number of rotatable bonds is 11. The van der Waals surface area contributed by atoms with Gasteiger partial charge in [0.25, 0.3) is 5.91 Å². The number of sulfonamides is 1. The summed E-state index contributed by atoms with van der Waals surface area (Å²) in [6.07, 6.45) is 0.143. The van der Waals surface area contributed by atoms with E-state index in [2.05, 4.69) is 5.32 Å². The highest BCUT2D eigenvalue weighted by Gasteiger charge is 2.36. The molecule has 0 saturated carbocycles. The smallest absolute Gasteiger partial charge is 0.262 e. The first-order chi connectivity index (χ1) is 21.6. The number of hydrogen-bond acceptors (Lipinski definition) is 5. The molecule has 0 bridgehead atoms. The van der Waals surface area contributed by atoms with Crippen molar-refractivity contribution >= 4 is 27.5 Å². The zero-order chi connectivity index (χ0) is 32.0. The Morgan fingerprint density at radius 1 is 0.844 bits per heavy atom. The minimum Gasteiger partial charge on any atom is -0.477 e. The van der Waals surface area contributed by atoms with E-state index in [4.69, 9.17) is 4.74 Å². The second-order valence-corrected chi connectivity index (χ2v) is 13.3. The lowest BCUT2D eigenvalue weighted by Crippen LogP contribution is -2.53. The van der Waals surface area contributed by atoms with Gasteiger partial charge in [-0.15, -0.1) is 0 Å². The van der Waals surface area contributed by atoms with Crippen molar-refractivity contribution in [2.24, 2.45) is 0 Å². The van der Waals surface area contributed by atoms with Gasteiger partial charge in [0.2, 0.25) is 15.9 Å². The zero-order valence-corrected chi connectivity index (χ0v) is 26.7.